The van der Waals surface area contributed by atoms with Gasteiger partial charge < -0.3 is 10.6 Å². The van der Waals surface area contributed by atoms with Crippen LogP contribution in [0.2, 0.25) is 0 Å². The van der Waals surface area contributed by atoms with Crippen LogP contribution in [0.25, 0.3) is 0 Å². The minimum Gasteiger partial charge on any atom is -0.362 e. The highest BCUT2D eigenvalue weighted by molar-refractivity contribution is 7.10. The van der Waals surface area contributed by atoms with Crippen molar-refractivity contribution in [2.45, 2.75) is 31.6 Å². The van der Waals surface area contributed by atoms with Crippen molar-refractivity contribution in [2.75, 3.05) is 5.32 Å². The van der Waals surface area contributed by atoms with Crippen LogP contribution in [0, 0.1) is 5.82 Å². The molecule has 2 unspecified atom stereocenters. The standard InChI is InChI=1S/C26H22FN3O2S/c1-15-23(26(32)30-22-6-2-3-11-28-22)24(16-7-9-18(27)10-8-16)25-19(29-15)13-17(14-20(25)31)21-5-4-12-33-21/h2-12,17,24,29H,13-14H2,1H3,(H,28,30,32). The Morgan fingerprint density at radius 1 is 1.12 bits per heavy atom. The first kappa shape index (κ1) is 21.3. The van der Waals surface area contributed by atoms with Crippen molar-refractivity contribution < 1.29 is 14.0 Å². The number of carbonyl (C=O) groups is 2. The van der Waals surface area contributed by atoms with Gasteiger partial charge in [0.1, 0.15) is 11.6 Å². The molecule has 0 fully saturated rings. The van der Waals surface area contributed by atoms with Crippen LogP contribution < -0.4 is 10.6 Å². The number of benzene rings is 1. The zero-order chi connectivity index (χ0) is 22.9. The fraction of sp³-hybridized carbons (Fsp3) is 0.192. The molecule has 0 saturated heterocycles. The van der Waals surface area contributed by atoms with E-state index in [2.05, 4.69) is 21.7 Å². The Labute approximate surface area is 195 Å². The predicted octanol–water partition coefficient (Wildman–Crippen LogP) is 5.28. The molecule has 166 valence electrons. The third kappa shape index (κ3) is 4.12. The van der Waals surface area contributed by atoms with Crippen molar-refractivity contribution in [3.05, 3.63) is 105 Å². The third-order valence-corrected chi connectivity index (χ3v) is 7.16. The van der Waals surface area contributed by atoms with Gasteiger partial charge >= 0.3 is 0 Å². The normalized spacial score (nSPS) is 20.4. The molecular weight excluding hydrogens is 437 g/mol. The second kappa shape index (κ2) is 8.75. The van der Waals surface area contributed by atoms with E-state index in [9.17, 15) is 14.0 Å². The van der Waals surface area contributed by atoms with Crippen LogP contribution in [0.5, 0.6) is 0 Å². The lowest BCUT2D eigenvalue weighted by Crippen LogP contribution is -2.37. The molecule has 5 nitrogen and oxygen atoms in total. The zero-order valence-corrected chi connectivity index (χ0v) is 18.8. The lowest BCUT2D eigenvalue weighted by atomic mass is 9.72. The topological polar surface area (TPSA) is 71.1 Å². The summed E-state index contributed by atoms with van der Waals surface area (Å²) in [6.07, 6.45) is 2.67. The molecular formula is C26H22FN3O2S. The van der Waals surface area contributed by atoms with E-state index >= 15 is 0 Å². The van der Waals surface area contributed by atoms with Gasteiger partial charge in [0.25, 0.3) is 5.91 Å². The number of pyridine rings is 1. The van der Waals surface area contributed by atoms with Crippen LogP contribution in [0.3, 0.4) is 0 Å². The molecule has 5 rings (SSSR count). The van der Waals surface area contributed by atoms with Crippen molar-refractivity contribution in [3.63, 3.8) is 0 Å². The maximum absolute atomic E-state index is 13.7. The quantitative estimate of drug-likeness (QED) is 0.557. The zero-order valence-electron chi connectivity index (χ0n) is 18.0. The number of Topliss-reactive ketones (excluding diaryl/α,β-unsaturated/α-hetero) is 1. The van der Waals surface area contributed by atoms with Gasteiger partial charge in [0.2, 0.25) is 0 Å². The maximum atomic E-state index is 13.7. The molecule has 1 aromatic carbocycles. The van der Waals surface area contributed by atoms with Crippen molar-refractivity contribution in [2.24, 2.45) is 0 Å². The van der Waals surface area contributed by atoms with Gasteiger partial charge in [-0.05, 0) is 54.6 Å². The Balaban J connectivity index is 1.57. The van der Waals surface area contributed by atoms with Crippen LogP contribution in [-0.2, 0) is 9.59 Å². The Bertz CT molecular complexity index is 1260. The number of dihydropyridines is 1. The second-order valence-corrected chi connectivity index (χ2v) is 9.23. The first-order valence-electron chi connectivity index (χ1n) is 10.8. The number of nitrogens with one attached hydrogen (secondary N) is 2. The molecule has 0 radical (unpaired) electrons. The molecule has 2 N–H and O–H groups in total. The molecule has 0 saturated carbocycles. The summed E-state index contributed by atoms with van der Waals surface area (Å²) in [4.78, 5) is 32.2. The fourth-order valence-electron chi connectivity index (χ4n) is 4.67. The van der Waals surface area contributed by atoms with E-state index in [0.29, 0.717) is 41.1 Å². The van der Waals surface area contributed by atoms with E-state index in [1.54, 1.807) is 47.9 Å². The van der Waals surface area contributed by atoms with E-state index in [0.717, 1.165) is 5.70 Å². The van der Waals surface area contributed by atoms with Crippen LogP contribution in [0.15, 0.2) is 88.7 Å². The number of halogens is 1. The smallest absolute Gasteiger partial charge is 0.255 e. The number of anilines is 1. The molecule has 1 aliphatic carbocycles. The summed E-state index contributed by atoms with van der Waals surface area (Å²) < 4.78 is 13.7. The Kier molecular flexibility index (Phi) is 5.64. The van der Waals surface area contributed by atoms with E-state index in [-0.39, 0.29) is 23.4 Å². The number of carbonyl (C=O) groups excluding carboxylic acids is 2. The summed E-state index contributed by atoms with van der Waals surface area (Å²) in [6, 6.07) is 15.3. The van der Waals surface area contributed by atoms with Gasteiger partial charge in [0, 0.05) is 51.9 Å². The van der Waals surface area contributed by atoms with Crippen molar-refractivity contribution in [1.82, 2.24) is 10.3 Å². The van der Waals surface area contributed by atoms with E-state index in [1.807, 2.05) is 18.4 Å². The lowest BCUT2D eigenvalue weighted by molar-refractivity contribution is -0.116. The second-order valence-electron chi connectivity index (χ2n) is 8.25. The highest BCUT2D eigenvalue weighted by Gasteiger charge is 2.41. The highest BCUT2D eigenvalue weighted by Crippen LogP contribution is 2.46. The molecule has 0 spiro atoms. The van der Waals surface area contributed by atoms with Crippen LogP contribution >= 0.6 is 11.3 Å². The molecule has 1 amide bonds. The summed E-state index contributed by atoms with van der Waals surface area (Å²) in [6.45, 7) is 1.84. The number of ketones is 1. The number of nitrogens with zero attached hydrogens (tertiary/aromatic N) is 1. The summed E-state index contributed by atoms with van der Waals surface area (Å²) in [5.74, 6) is -0.750. The number of allylic oxidation sites excluding steroid dienone is 3. The van der Waals surface area contributed by atoms with Gasteiger partial charge in [0.05, 0.1) is 0 Å². The van der Waals surface area contributed by atoms with Crippen molar-refractivity contribution >= 4 is 28.8 Å². The Hall–Kier alpha value is -3.58. The summed E-state index contributed by atoms with van der Waals surface area (Å²) in [7, 11) is 0. The molecule has 1 aliphatic heterocycles. The third-order valence-electron chi connectivity index (χ3n) is 6.13. The molecule has 3 heterocycles. The molecule has 3 aromatic rings. The van der Waals surface area contributed by atoms with Gasteiger partial charge in [-0.3, -0.25) is 9.59 Å². The number of hydrogen-bond donors (Lipinski definition) is 2. The molecule has 0 bridgehead atoms. The Morgan fingerprint density at radius 2 is 1.94 bits per heavy atom. The average molecular weight is 460 g/mol. The first-order valence-corrected chi connectivity index (χ1v) is 11.6. The minimum absolute atomic E-state index is 0.00658. The van der Waals surface area contributed by atoms with Gasteiger partial charge in [-0.2, -0.15) is 0 Å². The van der Waals surface area contributed by atoms with Gasteiger partial charge in [0.15, 0.2) is 5.78 Å². The number of hydrogen-bond acceptors (Lipinski definition) is 5. The van der Waals surface area contributed by atoms with E-state index in [4.69, 9.17) is 0 Å². The molecule has 33 heavy (non-hydrogen) atoms. The van der Waals surface area contributed by atoms with Gasteiger partial charge in [-0.15, -0.1) is 11.3 Å². The number of rotatable bonds is 4. The average Bonchev–Trinajstić information content (AvgIpc) is 3.34. The highest BCUT2D eigenvalue weighted by atomic mass is 32.1. The maximum Gasteiger partial charge on any atom is 0.255 e. The van der Waals surface area contributed by atoms with Gasteiger partial charge in [-0.1, -0.05) is 24.3 Å². The first-order chi connectivity index (χ1) is 16.0. The SMILES string of the molecule is CC1=C(C(=O)Nc2ccccn2)C(c2ccc(F)cc2)C2=C(CC(c3cccs3)CC2=O)N1. The summed E-state index contributed by atoms with van der Waals surface area (Å²) >= 11 is 1.65. The number of amides is 1. The van der Waals surface area contributed by atoms with Gasteiger partial charge in [-0.25, -0.2) is 9.37 Å². The van der Waals surface area contributed by atoms with Crippen LogP contribution in [-0.4, -0.2) is 16.7 Å². The van der Waals surface area contributed by atoms with E-state index in [1.165, 1.54) is 17.0 Å². The molecule has 7 heteroatoms. The van der Waals surface area contributed by atoms with Crippen LogP contribution in [0.1, 0.15) is 42.0 Å². The predicted molar refractivity (Wildman–Crippen MR) is 126 cm³/mol. The Morgan fingerprint density at radius 3 is 2.64 bits per heavy atom. The van der Waals surface area contributed by atoms with Crippen LogP contribution in [0.4, 0.5) is 10.2 Å². The summed E-state index contributed by atoms with van der Waals surface area (Å²) in [5, 5.41) is 8.22. The summed E-state index contributed by atoms with van der Waals surface area (Å²) in [5.41, 5.74) is 3.25. The monoisotopic (exact) mass is 459 g/mol. The minimum atomic E-state index is -0.581. The van der Waals surface area contributed by atoms with Crippen molar-refractivity contribution in [1.29, 1.82) is 0 Å². The fourth-order valence-corrected chi connectivity index (χ4v) is 5.50. The molecule has 2 atom stereocenters. The largest absolute Gasteiger partial charge is 0.362 e. The lowest BCUT2D eigenvalue weighted by Gasteiger charge is -2.36. The molecule has 2 aromatic heterocycles. The number of thiophene rings is 1. The molecule has 2 aliphatic rings. The van der Waals surface area contributed by atoms with Crippen molar-refractivity contribution in [3.8, 4) is 0 Å². The van der Waals surface area contributed by atoms with E-state index < -0.39 is 5.92 Å². The number of aromatic nitrogens is 1.